The molecule has 0 aliphatic carbocycles. The molecule has 0 bridgehead atoms. The van der Waals surface area contributed by atoms with Gasteiger partial charge in [-0.3, -0.25) is 10.2 Å². The van der Waals surface area contributed by atoms with E-state index in [9.17, 15) is 10.1 Å². The van der Waals surface area contributed by atoms with E-state index in [1.807, 2.05) is 18.2 Å². The highest BCUT2D eigenvalue weighted by atomic mass is 79.9. The summed E-state index contributed by atoms with van der Waals surface area (Å²) in [6, 6.07) is 10.9. The van der Waals surface area contributed by atoms with Crippen LogP contribution in [0.2, 0.25) is 0 Å². The second kappa shape index (κ2) is 5.28. The van der Waals surface area contributed by atoms with Gasteiger partial charge in [0.15, 0.2) is 0 Å². The van der Waals surface area contributed by atoms with Crippen molar-refractivity contribution in [3.63, 3.8) is 0 Å². The quantitative estimate of drug-likeness (QED) is 0.701. The Balaban J connectivity index is 2.59. The zero-order chi connectivity index (χ0) is 15.9. The maximum atomic E-state index is 12.4. The lowest BCUT2D eigenvalue weighted by atomic mass is 9.98. The maximum Gasteiger partial charge on any atom is 0.259 e. The zero-order valence-electron chi connectivity index (χ0n) is 11.5. The fourth-order valence-corrected chi connectivity index (χ4v) is 2.81. The van der Waals surface area contributed by atoms with Gasteiger partial charge in [-0.25, -0.2) is 0 Å². The van der Waals surface area contributed by atoms with E-state index in [0.29, 0.717) is 22.4 Å². The fourth-order valence-electron chi connectivity index (χ4n) is 2.41. The number of hydrogen-bond acceptors (Lipinski definition) is 4. The SMILES string of the molecule is Cc1cc2oc(=N)c(C#N)c(-c3cccc(Br)c3)c2c(=O)[nH]1. The van der Waals surface area contributed by atoms with Gasteiger partial charge in [0, 0.05) is 21.8 Å². The number of aromatic nitrogens is 1. The molecule has 1 aromatic carbocycles. The van der Waals surface area contributed by atoms with E-state index in [1.165, 1.54) is 0 Å². The lowest BCUT2D eigenvalue weighted by molar-refractivity contribution is 0.530. The minimum absolute atomic E-state index is 0.0416. The predicted molar refractivity (Wildman–Crippen MR) is 85.3 cm³/mol. The molecule has 22 heavy (non-hydrogen) atoms. The number of aryl methyl sites for hydroxylation is 1. The number of aromatic amines is 1. The van der Waals surface area contributed by atoms with Crippen LogP contribution >= 0.6 is 15.9 Å². The summed E-state index contributed by atoms with van der Waals surface area (Å²) < 4.78 is 6.17. The molecule has 0 saturated carbocycles. The molecule has 0 unspecified atom stereocenters. The highest BCUT2D eigenvalue weighted by Gasteiger charge is 2.17. The molecule has 2 N–H and O–H groups in total. The van der Waals surface area contributed by atoms with Crippen molar-refractivity contribution in [3.8, 4) is 17.2 Å². The van der Waals surface area contributed by atoms with Gasteiger partial charge in [0.1, 0.15) is 17.2 Å². The van der Waals surface area contributed by atoms with Crippen LogP contribution in [0.5, 0.6) is 0 Å². The van der Waals surface area contributed by atoms with Gasteiger partial charge in [-0.2, -0.15) is 5.26 Å². The Bertz CT molecular complexity index is 1060. The van der Waals surface area contributed by atoms with Crippen LogP contribution in [0.3, 0.4) is 0 Å². The van der Waals surface area contributed by atoms with Crippen LogP contribution < -0.4 is 11.1 Å². The van der Waals surface area contributed by atoms with E-state index in [4.69, 9.17) is 9.83 Å². The number of fused-ring (bicyclic) bond motifs is 1. The summed E-state index contributed by atoms with van der Waals surface area (Å²) >= 11 is 3.38. The minimum atomic E-state index is -0.342. The van der Waals surface area contributed by atoms with Gasteiger partial charge in [-0.1, -0.05) is 28.1 Å². The van der Waals surface area contributed by atoms with Crippen molar-refractivity contribution in [1.29, 1.82) is 10.7 Å². The molecule has 0 spiro atoms. The van der Waals surface area contributed by atoms with E-state index >= 15 is 0 Å². The largest absolute Gasteiger partial charge is 0.437 e. The number of benzene rings is 1. The van der Waals surface area contributed by atoms with Gasteiger partial charge < -0.3 is 9.40 Å². The third kappa shape index (κ3) is 2.26. The summed E-state index contributed by atoms with van der Waals surface area (Å²) in [6.07, 6.45) is 0. The number of nitrogens with zero attached hydrogens (tertiary/aromatic N) is 1. The molecule has 6 heteroatoms. The topological polar surface area (TPSA) is 93.6 Å². The van der Waals surface area contributed by atoms with E-state index in [-0.39, 0.29) is 22.1 Å². The zero-order valence-corrected chi connectivity index (χ0v) is 13.1. The van der Waals surface area contributed by atoms with Crippen molar-refractivity contribution < 1.29 is 4.42 Å². The number of nitrogens with one attached hydrogen (secondary N) is 2. The van der Waals surface area contributed by atoms with Crippen LogP contribution in [0.15, 0.2) is 44.0 Å². The maximum absolute atomic E-state index is 12.4. The first-order chi connectivity index (χ1) is 10.5. The van der Waals surface area contributed by atoms with Crippen molar-refractivity contribution in [2.75, 3.05) is 0 Å². The number of H-pyrrole nitrogens is 1. The predicted octanol–water partition coefficient (Wildman–Crippen LogP) is 3.21. The molecule has 3 rings (SSSR count). The summed E-state index contributed by atoms with van der Waals surface area (Å²) in [4.78, 5) is 15.1. The average Bonchev–Trinajstić information content (AvgIpc) is 2.45. The number of halogens is 1. The molecule has 0 amide bonds. The molecule has 0 aliphatic heterocycles. The average molecular weight is 356 g/mol. The molecule has 0 aliphatic rings. The normalized spacial score (nSPS) is 10.6. The fraction of sp³-hybridized carbons (Fsp3) is 0.0625. The van der Waals surface area contributed by atoms with E-state index in [0.717, 1.165) is 4.47 Å². The number of hydrogen-bond donors (Lipinski definition) is 2. The second-order valence-corrected chi connectivity index (χ2v) is 5.74. The molecule has 5 nitrogen and oxygen atoms in total. The summed E-state index contributed by atoms with van der Waals surface area (Å²) in [5, 5.41) is 17.6. The van der Waals surface area contributed by atoms with Crippen LogP contribution in [-0.2, 0) is 0 Å². The highest BCUT2D eigenvalue weighted by molar-refractivity contribution is 9.10. The summed E-state index contributed by atoms with van der Waals surface area (Å²) in [7, 11) is 0. The highest BCUT2D eigenvalue weighted by Crippen LogP contribution is 2.29. The Kier molecular flexibility index (Phi) is 3.43. The molecule has 2 aromatic heterocycles. The van der Waals surface area contributed by atoms with Gasteiger partial charge in [-0.05, 0) is 24.6 Å². The Labute approximate surface area is 133 Å². The Morgan fingerprint density at radius 3 is 2.82 bits per heavy atom. The number of nitriles is 1. The number of rotatable bonds is 1. The first-order valence-electron chi connectivity index (χ1n) is 6.42. The van der Waals surface area contributed by atoms with Gasteiger partial charge in [0.25, 0.3) is 5.56 Å². The van der Waals surface area contributed by atoms with E-state index in [1.54, 1.807) is 25.1 Å². The summed E-state index contributed by atoms with van der Waals surface area (Å²) in [5.41, 5.74) is 1.46. The monoisotopic (exact) mass is 355 g/mol. The first-order valence-corrected chi connectivity index (χ1v) is 7.22. The van der Waals surface area contributed by atoms with Crippen LogP contribution in [0.4, 0.5) is 0 Å². The molecule has 108 valence electrons. The van der Waals surface area contributed by atoms with Crippen LogP contribution in [-0.4, -0.2) is 4.98 Å². The summed E-state index contributed by atoms with van der Waals surface area (Å²) in [5.74, 6) is 0. The van der Waals surface area contributed by atoms with Gasteiger partial charge in [0.05, 0.1) is 5.39 Å². The lowest BCUT2D eigenvalue weighted by Gasteiger charge is -2.09. The van der Waals surface area contributed by atoms with Crippen molar-refractivity contribution in [1.82, 2.24) is 4.98 Å². The van der Waals surface area contributed by atoms with Gasteiger partial charge in [-0.15, -0.1) is 0 Å². The van der Waals surface area contributed by atoms with Crippen LogP contribution in [0.25, 0.3) is 22.1 Å². The molecule has 0 fully saturated rings. The minimum Gasteiger partial charge on any atom is -0.437 e. The molecule has 3 aromatic rings. The third-order valence-corrected chi connectivity index (χ3v) is 3.79. The third-order valence-electron chi connectivity index (χ3n) is 3.30. The van der Waals surface area contributed by atoms with Crippen LogP contribution in [0.1, 0.15) is 11.3 Å². The van der Waals surface area contributed by atoms with Gasteiger partial charge in [0.2, 0.25) is 5.55 Å². The molecular weight excluding hydrogens is 346 g/mol. The Morgan fingerprint density at radius 2 is 2.14 bits per heavy atom. The standard InChI is InChI=1S/C16H10BrN3O2/c1-8-5-12-14(16(21)20-8)13(11(7-18)15(19)22-12)9-3-2-4-10(17)6-9/h2-6,19H,1H3,(H,20,21). The van der Waals surface area contributed by atoms with Crippen molar-refractivity contribution in [3.05, 3.63) is 62.0 Å². The van der Waals surface area contributed by atoms with Crippen molar-refractivity contribution >= 4 is 26.9 Å². The molecular formula is C16H10BrN3O2. The Hall–Kier alpha value is -2.65. The van der Waals surface area contributed by atoms with Crippen molar-refractivity contribution in [2.24, 2.45) is 0 Å². The molecule has 0 atom stereocenters. The lowest BCUT2D eigenvalue weighted by Crippen LogP contribution is -2.14. The summed E-state index contributed by atoms with van der Waals surface area (Å²) in [6.45, 7) is 1.73. The van der Waals surface area contributed by atoms with E-state index in [2.05, 4.69) is 20.9 Å². The molecule has 2 heterocycles. The Morgan fingerprint density at radius 1 is 1.36 bits per heavy atom. The molecule has 0 radical (unpaired) electrons. The van der Waals surface area contributed by atoms with Gasteiger partial charge >= 0.3 is 0 Å². The van der Waals surface area contributed by atoms with Crippen LogP contribution in [0, 0.1) is 23.7 Å². The smallest absolute Gasteiger partial charge is 0.259 e. The van der Waals surface area contributed by atoms with Crippen molar-refractivity contribution in [2.45, 2.75) is 6.92 Å². The second-order valence-electron chi connectivity index (χ2n) is 4.82. The van der Waals surface area contributed by atoms with E-state index < -0.39 is 0 Å². The molecule has 0 saturated heterocycles. The first kappa shape index (κ1) is 14.3. The number of pyridine rings is 1.